The summed E-state index contributed by atoms with van der Waals surface area (Å²) < 4.78 is 0. The molecule has 0 amide bonds. The average molecular weight is 515 g/mol. The number of nitro benzene ring substituents is 1. The summed E-state index contributed by atoms with van der Waals surface area (Å²) in [7, 11) is 9.87. The molecule has 5 nitrogen and oxygen atoms in total. The molecule has 0 saturated heterocycles. The number of hydrogen-bond donors (Lipinski definition) is 1. The van der Waals surface area contributed by atoms with E-state index < -0.39 is 25.8 Å². The van der Waals surface area contributed by atoms with Gasteiger partial charge in [-0.25, -0.2) is 0 Å². The van der Waals surface area contributed by atoms with Crippen molar-refractivity contribution in [1.82, 2.24) is 0 Å². The summed E-state index contributed by atoms with van der Waals surface area (Å²) in [6, 6.07) is 12.2. The molecule has 0 bridgehead atoms. The van der Waals surface area contributed by atoms with Gasteiger partial charge in [-0.3, -0.25) is 15.1 Å². The first-order valence-electron chi connectivity index (χ1n) is 9.45. The first kappa shape index (κ1) is 24.0. The molecule has 29 heavy (non-hydrogen) atoms. The average Bonchev–Trinajstić information content (AvgIpc) is 2.71. The molecule has 0 aromatic heterocycles. The number of aliphatic imine (C=N–C) groups is 1. The number of nitro groups is 1. The molecule has 0 aliphatic heterocycles. The summed E-state index contributed by atoms with van der Waals surface area (Å²) in [5.41, 5.74) is 1.53. The Kier molecular flexibility index (Phi) is 9.81. The van der Waals surface area contributed by atoms with Crippen LogP contribution in [0.5, 0.6) is 5.75 Å². The van der Waals surface area contributed by atoms with E-state index in [0.29, 0.717) is 23.0 Å². The summed E-state index contributed by atoms with van der Waals surface area (Å²) in [4.78, 5) is 15.6. The quantitative estimate of drug-likeness (QED) is 0.284. The van der Waals surface area contributed by atoms with E-state index in [0.717, 1.165) is 18.4 Å². The minimum absolute atomic E-state index is 0.0297. The van der Waals surface area contributed by atoms with Crippen molar-refractivity contribution >= 4 is 28.9 Å². The van der Waals surface area contributed by atoms with Crippen molar-refractivity contribution in [3.05, 3.63) is 58.1 Å². The van der Waals surface area contributed by atoms with Crippen LogP contribution < -0.4 is 0 Å². The number of aromatic hydroxyl groups is 1. The Labute approximate surface area is 190 Å². The van der Waals surface area contributed by atoms with Crippen molar-refractivity contribution in [2.24, 2.45) is 16.8 Å². The van der Waals surface area contributed by atoms with Crippen molar-refractivity contribution in [3.8, 4) is 16.9 Å². The van der Waals surface area contributed by atoms with Gasteiger partial charge in [0.15, 0.2) is 0 Å². The Morgan fingerprint density at radius 2 is 1.86 bits per heavy atom. The molecule has 154 valence electrons. The van der Waals surface area contributed by atoms with Gasteiger partial charge in [-0.05, 0) is 23.8 Å². The molecular formula is C21H24Cl2N2O3Zr. The minimum atomic E-state index is -0.826. The van der Waals surface area contributed by atoms with Crippen LogP contribution in [0.2, 0.25) is 0 Å². The van der Waals surface area contributed by atoms with Gasteiger partial charge in [0.2, 0.25) is 0 Å². The zero-order valence-electron chi connectivity index (χ0n) is 16.4. The molecule has 0 heterocycles. The van der Waals surface area contributed by atoms with Crippen LogP contribution in [0.4, 0.5) is 5.69 Å². The molecule has 1 N–H and O–H groups in total. The second kappa shape index (κ2) is 11.8. The fraction of sp³-hybridized carbons (Fsp3) is 0.381. The maximum absolute atomic E-state index is 11.3. The molecule has 1 saturated carbocycles. The van der Waals surface area contributed by atoms with Gasteiger partial charge in [-0.1, -0.05) is 57.0 Å². The number of rotatable bonds is 4. The molecule has 1 aliphatic rings. The second-order valence-corrected chi connectivity index (χ2v) is 11.0. The molecule has 3 unspecified atom stereocenters. The monoisotopic (exact) mass is 512 g/mol. The predicted molar refractivity (Wildman–Crippen MR) is 115 cm³/mol. The van der Waals surface area contributed by atoms with E-state index in [1.165, 1.54) is 18.6 Å². The van der Waals surface area contributed by atoms with Crippen molar-refractivity contribution in [2.75, 3.05) is 0 Å². The van der Waals surface area contributed by atoms with E-state index in [1.807, 2.05) is 30.3 Å². The third-order valence-corrected chi connectivity index (χ3v) is 5.49. The topological polar surface area (TPSA) is 75.7 Å². The maximum atomic E-state index is 11.3. The molecule has 0 radical (unpaired) electrons. The SMILES string of the molecule is CC1CCCC(N=Cc2cc([N+](=O)[O-])cc(-c3ccccc3)c2O)C1C.[Cl][Zr][Cl]. The summed E-state index contributed by atoms with van der Waals surface area (Å²) in [6.45, 7) is 4.44. The first-order valence-corrected chi connectivity index (χ1v) is 15.8. The van der Waals surface area contributed by atoms with Crippen LogP contribution in [-0.4, -0.2) is 22.3 Å². The molecule has 3 rings (SSSR count). The molecule has 0 spiro atoms. The van der Waals surface area contributed by atoms with Crippen LogP contribution in [0.25, 0.3) is 11.1 Å². The fourth-order valence-corrected chi connectivity index (χ4v) is 3.62. The van der Waals surface area contributed by atoms with E-state index in [4.69, 9.17) is 17.0 Å². The third kappa shape index (κ3) is 6.63. The Balaban J connectivity index is 0.000000941. The molecule has 2 aromatic carbocycles. The van der Waals surface area contributed by atoms with Gasteiger partial charge < -0.3 is 5.11 Å². The molecule has 3 atom stereocenters. The van der Waals surface area contributed by atoms with Crippen LogP contribution in [0.1, 0.15) is 38.7 Å². The van der Waals surface area contributed by atoms with Gasteiger partial charge in [0, 0.05) is 29.5 Å². The summed E-state index contributed by atoms with van der Waals surface area (Å²) in [5.74, 6) is 1.11. The van der Waals surface area contributed by atoms with Crippen LogP contribution >= 0.6 is 17.0 Å². The van der Waals surface area contributed by atoms with E-state index >= 15 is 0 Å². The van der Waals surface area contributed by atoms with Gasteiger partial charge in [0.1, 0.15) is 5.75 Å². The normalized spacial score (nSPS) is 21.3. The van der Waals surface area contributed by atoms with Crippen molar-refractivity contribution in [1.29, 1.82) is 0 Å². The number of halogens is 2. The van der Waals surface area contributed by atoms with Gasteiger partial charge in [0.05, 0.1) is 11.0 Å². The summed E-state index contributed by atoms with van der Waals surface area (Å²) in [5, 5.41) is 22.0. The molecular weight excluding hydrogens is 490 g/mol. The van der Waals surface area contributed by atoms with E-state index in [2.05, 4.69) is 18.8 Å². The van der Waals surface area contributed by atoms with Crippen LogP contribution in [0.15, 0.2) is 47.5 Å². The number of non-ortho nitro benzene ring substituents is 1. The zero-order valence-corrected chi connectivity index (χ0v) is 20.4. The fourth-order valence-electron chi connectivity index (χ4n) is 3.62. The molecule has 1 aliphatic carbocycles. The standard InChI is InChI=1S/C21H24N2O3.2ClH.Zr/c1-14-7-6-10-20(15(14)2)22-13-17-11-18(23(25)26)12-19(21(17)24)16-8-4-3-5-9-16;;;/h3-5,8-9,11-15,20,24H,6-7,10H2,1-2H3;2*1H;/q;;;+2/p-2. The van der Waals surface area contributed by atoms with Crippen molar-refractivity contribution in [2.45, 2.75) is 39.2 Å². The van der Waals surface area contributed by atoms with Crippen molar-refractivity contribution < 1.29 is 30.9 Å². The van der Waals surface area contributed by atoms with E-state index in [1.54, 1.807) is 6.21 Å². The summed E-state index contributed by atoms with van der Waals surface area (Å²) in [6.07, 6.45) is 4.98. The Hall–Kier alpha value is -1.23. The zero-order chi connectivity index (χ0) is 21.4. The molecule has 2 aromatic rings. The van der Waals surface area contributed by atoms with Gasteiger partial charge in [-0.2, -0.15) is 0 Å². The van der Waals surface area contributed by atoms with Gasteiger partial charge in [0.25, 0.3) is 5.69 Å². The Morgan fingerprint density at radius 1 is 1.21 bits per heavy atom. The van der Waals surface area contributed by atoms with E-state index in [9.17, 15) is 15.2 Å². The number of nitrogens with zero attached hydrogens (tertiary/aromatic N) is 2. The van der Waals surface area contributed by atoms with Crippen molar-refractivity contribution in [3.63, 3.8) is 0 Å². The predicted octanol–water partition coefficient (Wildman–Crippen LogP) is 6.59. The Bertz CT molecular complexity index is 849. The third-order valence-electron chi connectivity index (χ3n) is 5.49. The number of benzene rings is 2. The molecule has 1 fully saturated rings. The van der Waals surface area contributed by atoms with Crippen LogP contribution in [0, 0.1) is 22.0 Å². The number of phenols is 1. The van der Waals surface area contributed by atoms with Gasteiger partial charge in [-0.15, -0.1) is 0 Å². The second-order valence-electron chi connectivity index (χ2n) is 7.24. The number of phenolic OH excluding ortho intramolecular Hbond substituents is 1. The van der Waals surface area contributed by atoms with Gasteiger partial charge >= 0.3 is 37.9 Å². The Morgan fingerprint density at radius 3 is 2.48 bits per heavy atom. The van der Waals surface area contributed by atoms with Crippen LogP contribution in [0.3, 0.4) is 0 Å². The van der Waals surface area contributed by atoms with E-state index in [-0.39, 0.29) is 17.5 Å². The number of hydrogen-bond acceptors (Lipinski definition) is 4. The molecule has 8 heteroatoms. The first-order chi connectivity index (χ1) is 13.9. The summed E-state index contributed by atoms with van der Waals surface area (Å²) >= 11 is -0.826. The van der Waals surface area contributed by atoms with Crippen LogP contribution in [-0.2, 0) is 20.8 Å².